The summed E-state index contributed by atoms with van der Waals surface area (Å²) in [5.74, 6) is -0.350. The van der Waals surface area contributed by atoms with E-state index in [2.05, 4.69) is 17.4 Å². The number of thiol groups is 1. The molecule has 1 aliphatic heterocycles. The minimum Gasteiger partial charge on any atom is -0.386 e. The van der Waals surface area contributed by atoms with Gasteiger partial charge in [-0.25, -0.2) is 9.59 Å². The van der Waals surface area contributed by atoms with Crippen LogP contribution in [0, 0.1) is 0 Å². The second-order valence-corrected chi connectivity index (χ2v) is 3.84. The maximum absolute atomic E-state index is 11.3. The topological polar surface area (TPSA) is 43.4 Å². The molecule has 1 aromatic carbocycles. The van der Waals surface area contributed by atoms with Gasteiger partial charge in [0.05, 0.1) is 11.1 Å². The van der Waals surface area contributed by atoms with Crippen LogP contribution in [-0.2, 0) is 4.74 Å². The van der Waals surface area contributed by atoms with E-state index < -0.39 is 11.9 Å². The Morgan fingerprint density at radius 2 is 1.94 bits per heavy atom. The Hall–Kier alpha value is -1.55. The fourth-order valence-electron chi connectivity index (χ4n) is 1.50. The molecular weight excluding hydrogens is 224 g/mol. The van der Waals surface area contributed by atoms with Gasteiger partial charge in [-0.05, 0) is 29.9 Å². The van der Waals surface area contributed by atoms with Crippen LogP contribution in [-0.4, -0.2) is 17.7 Å². The maximum Gasteiger partial charge on any atom is 0.346 e. The molecule has 2 rings (SSSR count). The summed E-state index contributed by atoms with van der Waals surface area (Å²) in [7, 11) is 0. The van der Waals surface area contributed by atoms with Crippen LogP contribution in [0.5, 0.6) is 0 Å². The second kappa shape index (κ2) is 4.53. The lowest BCUT2D eigenvalue weighted by Crippen LogP contribution is -1.96. The van der Waals surface area contributed by atoms with E-state index in [9.17, 15) is 9.59 Å². The van der Waals surface area contributed by atoms with E-state index >= 15 is 0 Å². The molecule has 1 heterocycles. The molecule has 0 aromatic heterocycles. The lowest BCUT2D eigenvalue weighted by atomic mass is 10.1. The molecule has 16 heavy (non-hydrogen) atoms. The molecule has 0 aliphatic carbocycles. The highest BCUT2D eigenvalue weighted by atomic mass is 32.1. The third-order valence-electron chi connectivity index (χ3n) is 2.27. The first-order chi connectivity index (χ1) is 7.72. The molecule has 0 N–H and O–H groups in total. The van der Waals surface area contributed by atoms with Gasteiger partial charge < -0.3 is 4.74 Å². The Morgan fingerprint density at radius 1 is 1.19 bits per heavy atom. The van der Waals surface area contributed by atoms with Crippen LogP contribution in [0.2, 0.25) is 0 Å². The van der Waals surface area contributed by atoms with Gasteiger partial charge in [-0.2, -0.15) is 12.6 Å². The molecule has 3 nitrogen and oxygen atoms in total. The second-order valence-electron chi connectivity index (χ2n) is 3.40. The molecule has 1 aromatic rings. The van der Waals surface area contributed by atoms with Crippen molar-refractivity contribution < 1.29 is 14.3 Å². The van der Waals surface area contributed by atoms with Crippen molar-refractivity contribution in [3.63, 3.8) is 0 Å². The Morgan fingerprint density at radius 3 is 2.69 bits per heavy atom. The minimum atomic E-state index is -0.565. The molecule has 0 fully saturated rings. The number of carbonyl (C=O) groups excluding carboxylic acids is 2. The number of hydrogen-bond donors (Lipinski definition) is 1. The van der Waals surface area contributed by atoms with Crippen LogP contribution in [0.15, 0.2) is 24.3 Å². The highest BCUT2D eigenvalue weighted by molar-refractivity contribution is 7.80. The van der Waals surface area contributed by atoms with Crippen LogP contribution in [0.4, 0.5) is 0 Å². The number of allylic oxidation sites excluding steroid dienone is 1. The summed E-state index contributed by atoms with van der Waals surface area (Å²) in [4.78, 5) is 22.5. The Bertz CT molecular complexity index is 477. The fraction of sp³-hybridized carbons (Fsp3) is 0.167. The van der Waals surface area contributed by atoms with Crippen molar-refractivity contribution in [1.29, 1.82) is 0 Å². The van der Waals surface area contributed by atoms with Crippen molar-refractivity contribution in [2.24, 2.45) is 0 Å². The normalized spacial score (nSPS) is 14.3. The summed E-state index contributed by atoms with van der Waals surface area (Å²) in [5.41, 5.74) is 1.57. The van der Waals surface area contributed by atoms with E-state index in [1.165, 1.54) is 0 Å². The highest BCUT2D eigenvalue weighted by Crippen LogP contribution is 2.21. The number of ether oxygens (including phenoxy) is 1. The average molecular weight is 234 g/mol. The van der Waals surface area contributed by atoms with E-state index in [1.807, 2.05) is 12.2 Å². The van der Waals surface area contributed by atoms with Crippen molar-refractivity contribution in [3.8, 4) is 0 Å². The first-order valence-corrected chi connectivity index (χ1v) is 5.53. The van der Waals surface area contributed by atoms with Gasteiger partial charge >= 0.3 is 11.9 Å². The first-order valence-electron chi connectivity index (χ1n) is 4.90. The lowest BCUT2D eigenvalue weighted by molar-refractivity contribution is 0.0444. The Balaban J connectivity index is 2.30. The SMILES string of the molecule is O=C1OC(=O)c2cc(C=CCCS)ccc21. The van der Waals surface area contributed by atoms with Gasteiger partial charge in [0, 0.05) is 0 Å². The maximum atomic E-state index is 11.3. The molecule has 0 amide bonds. The summed E-state index contributed by atoms with van der Waals surface area (Å²) in [6.07, 6.45) is 4.73. The average Bonchev–Trinajstić information content (AvgIpc) is 2.55. The Kier molecular flexibility index (Phi) is 3.10. The Labute approximate surface area is 98.5 Å². The van der Waals surface area contributed by atoms with Crippen molar-refractivity contribution in [3.05, 3.63) is 41.0 Å². The van der Waals surface area contributed by atoms with E-state index in [0.717, 1.165) is 17.7 Å². The summed E-state index contributed by atoms with van der Waals surface area (Å²) in [6, 6.07) is 5.06. The van der Waals surface area contributed by atoms with Crippen LogP contribution < -0.4 is 0 Å². The molecule has 1 aliphatic rings. The molecule has 4 heteroatoms. The molecule has 82 valence electrons. The largest absolute Gasteiger partial charge is 0.386 e. The van der Waals surface area contributed by atoms with Gasteiger partial charge in [0.15, 0.2) is 0 Å². The summed E-state index contributed by atoms with van der Waals surface area (Å²) in [5, 5.41) is 0. The van der Waals surface area contributed by atoms with Crippen molar-refractivity contribution in [2.75, 3.05) is 5.75 Å². The predicted molar refractivity (Wildman–Crippen MR) is 63.7 cm³/mol. The van der Waals surface area contributed by atoms with Crippen LogP contribution >= 0.6 is 12.6 Å². The van der Waals surface area contributed by atoms with E-state index in [4.69, 9.17) is 0 Å². The number of carbonyl (C=O) groups is 2. The van der Waals surface area contributed by atoms with Gasteiger partial charge in [0.25, 0.3) is 0 Å². The zero-order chi connectivity index (χ0) is 11.5. The molecule has 0 unspecified atom stereocenters. The zero-order valence-electron chi connectivity index (χ0n) is 8.47. The van der Waals surface area contributed by atoms with Gasteiger partial charge in [-0.1, -0.05) is 18.2 Å². The van der Waals surface area contributed by atoms with Gasteiger partial charge in [-0.15, -0.1) is 0 Å². The van der Waals surface area contributed by atoms with Crippen LogP contribution in [0.25, 0.3) is 6.08 Å². The smallest absolute Gasteiger partial charge is 0.346 e. The van der Waals surface area contributed by atoms with E-state index in [0.29, 0.717) is 11.1 Å². The van der Waals surface area contributed by atoms with Gasteiger partial charge in [0.2, 0.25) is 0 Å². The number of rotatable bonds is 3. The van der Waals surface area contributed by atoms with Crippen LogP contribution in [0.3, 0.4) is 0 Å². The lowest BCUT2D eigenvalue weighted by Gasteiger charge is -1.95. The summed E-state index contributed by atoms with van der Waals surface area (Å²) >= 11 is 4.09. The van der Waals surface area contributed by atoms with Crippen molar-refractivity contribution >= 4 is 30.6 Å². The van der Waals surface area contributed by atoms with Crippen LogP contribution in [0.1, 0.15) is 32.7 Å². The third kappa shape index (κ3) is 2.02. The molecular formula is C12H10O3S. The predicted octanol–water partition coefficient (Wildman–Crippen LogP) is 2.33. The standard InChI is InChI=1S/C12H10O3S/c13-11-9-5-4-8(3-1-2-6-16)7-10(9)12(14)15-11/h1,3-5,7,16H,2,6H2. The summed E-state index contributed by atoms with van der Waals surface area (Å²) in [6.45, 7) is 0. The molecule has 0 radical (unpaired) electrons. The summed E-state index contributed by atoms with van der Waals surface area (Å²) < 4.78 is 4.50. The zero-order valence-corrected chi connectivity index (χ0v) is 9.37. The quantitative estimate of drug-likeness (QED) is 0.496. The number of benzene rings is 1. The third-order valence-corrected chi connectivity index (χ3v) is 2.53. The van der Waals surface area contributed by atoms with E-state index in [1.54, 1.807) is 18.2 Å². The molecule has 0 bridgehead atoms. The fourth-order valence-corrected chi connectivity index (χ4v) is 1.65. The number of hydrogen-bond acceptors (Lipinski definition) is 4. The van der Waals surface area contributed by atoms with Gasteiger partial charge in [0.1, 0.15) is 0 Å². The highest BCUT2D eigenvalue weighted by Gasteiger charge is 2.29. The molecule has 0 spiro atoms. The van der Waals surface area contributed by atoms with Gasteiger partial charge in [-0.3, -0.25) is 0 Å². The van der Waals surface area contributed by atoms with Crippen molar-refractivity contribution in [2.45, 2.75) is 6.42 Å². The minimum absolute atomic E-state index is 0.344. The van der Waals surface area contributed by atoms with Crippen molar-refractivity contribution in [1.82, 2.24) is 0 Å². The molecule has 0 saturated carbocycles. The number of fused-ring (bicyclic) bond motifs is 1. The molecule has 0 saturated heterocycles. The van der Waals surface area contributed by atoms with E-state index in [-0.39, 0.29) is 0 Å². The number of cyclic esters (lactones) is 2. The first kappa shape index (κ1) is 11.0. The number of esters is 2. The molecule has 0 atom stereocenters. The monoisotopic (exact) mass is 234 g/mol.